The molecule has 0 saturated heterocycles. The van der Waals surface area contributed by atoms with Crippen LogP contribution in [-0.2, 0) is 6.61 Å². The van der Waals surface area contributed by atoms with Gasteiger partial charge in [-0.15, -0.1) is 11.3 Å². The molecule has 6 nitrogen and oxygen atoms in total. The van der Waals surface area contributed by atoms with Crippen molar-refractivity contribution in [1.29, 1.82) is 0 Å². The van der Waals surface area contributed by atoms with E-state index >= 15 is 0 Å². The molecule has 0 amide bonds. The molecule has 0 aromatic carbocycles. The van der Waals surface area contributed by atoms with Crippen LogP contribution in [0.1, 0.15) is 5.69 Å². The molecule has 3 heterocycles. The lowest BCUT2D eigenvalue weighted by molar-refractivity contribution is 0.276. The normalized spacial score (nSPS) is 10.7. The summed E-state index contributed by atoms with van der Waals surface area (Å²) in [4.78, 5) is 16.5. The van der Waals surface area contributed by atoms with E-state index in [1.807, 2.05) is 6.07 Å². The van der Waals surface area contributed by atoms with E-state index in [0.29, 0.717) is 17.3 Å². The molecule has 0 radical (unpaired) electrons. The second-order valence-corrected chi connectivity index (χ2v) is 4.39. The first-order chi connectivity index (χ1) is 8.86. The highest BCUT2D eigenvalue weighted by Crippen LogP contribution is 2.26. The van der Waals surface area contributed by atoms with Crippen LogP contribution in [0.2, 0.25) is 0 Å². The third kappa shape index (κ3) is 2.01. The van der Waals surface area contributed by atoms with E-state index in [4.69, 9.17) is 5.11 Å². The number of fused-ring (bicyclic) bond motifs is 1. The fourth-order valence-corrected chi connectivity index (χ4v) is 2.28. The molecular formula is C11H9N5OS. The van der Waals surface area contributed by atoms with E-state index in [2.05, 4.69) is 25.3 Å². The molecule has 90 valence electrons. The lowest BCUT2D eigenvalue weighted by Crippen LogP contribution is -1.99. The Labute approximate surface area is 106 Å². The Bertz CT molecular complexity index is 684. The highest BCUT2D eigenvalue weighted by molar-refractivity contribution is 7.17. The standard InChI is InChI=1S/C11H9N5OS/c17-4-7-3-9(14-5-13-7)16-11-10-8(1-2-12-11)15-6-18-10/h1-3,5-6,17H,4H2,(H,12,13,14,16). The number of pyridine rings is 1. The van der Waals surface area contributed by atoms with Crippen LogP contribution in [0.25, 0.3) is 10.2 Å². The number of nitrogens with one attached hydrogen (secondary N) is 1. The summed E-state index contributed by atoms with van der Waals surface area (Å²) < 4.78 is 0.974. The molecule has 0 aliphatic rings. The Morgan fingerprint density at radius 2 is 2.17 bits per heavy atom. The molecule has 3 aromatic rings. The summed E-state index contributed by atoms with van der Waals surface area (Å²) >= 11 is 1.51. The Kier molecular flexibility index (Phi) is 2.83. The second kappa shape index (κ2) is 4.63. The first kappa shape index (κ1) is 11.0. The van der Waals surface area contributed by atoms with E-state index in [-0.39, 0.29) is 6.61 Å². The van der Waals surface area contributed by atoms with Crippen LogP contribution < -0.4 is 5.32 Å². The van der Waals surface area contributed by atoms with Gasteiger partial charge in [-0.05, 0) is 6.07 Å². The number of aromatic nitrogens is 4. The number of anilines is 2. The highest BCUT2D eigenvalue weighted by Gasteiger charge is 2.06. The zero-order valence-corrected chi connectivity index (χ0v) is 10.1. The molecule has 0 bridgehead atoms. The summed E-state index contributed by atoms with van der Waals surface area (Å²) in [5, 5.41) is 12.1. The third-order valence-corrected chi connectivity index (χ3v) is 3.23. The van der Waals surface area contributed by atoms with Crippen molar-refractivity contribution in [3.05, 3.63) is 35.9 Å². The molecule has 0 saturated carbocycles. The molecule has 0 aliphatic carbocycles. The second-order valence-electron chi connectivity index (χ2n) is 3.54. The van der Waals surface area contributed by atoms with Gasteiger partial charge in [0.15, 0.2) is 5.82 Å². The van der Waals surface area contributed by atoms with Crippen molar-refractivity contribution in [1.82, 2.24) is 19.9 Å². The largest absolute Gasteiger partial charge is 0.390 e. The van der Waals surface area contributed by atoms with Crippen LogP contribution in [0.5, 0.6) is 0 Å². The molecule has 0 fully saturated rings. The van der Waals surface area contributed by atoms with E-state index in [1.165, 1.54) is 17.7 Å². The van der Waals surface area contributed by atoms with Crippen molar-refractivity contribution in [2.75, 3.05) is 5.32 Å². The monoisotopic (exact) mass is 259 g/mol. The maximum atomic E-state index is 9.03. The summed E-state index contributed by atoms with van der Waals surface area (Å²) in [5.41, 5.74) is 3.23. The van der Waals surface area contributed by atoms with Crippen molar-refractivity contribution < 1.29 is 5.11 Å². The van der Waals surface area contributed by atoms with Gasteiger partial charge in [0.05, 0.1) is 28.0 Å². The van der Waals surface area contributed by atoms with Gasteiger partial charge in [-0.3, -0.25) is 0 Å². The molecule has 3 rings (SSSR count). The Hall–Kier alpha value is -2.12. The van der Waals surface area contributed by atoms with Gasteiger partial charge in [0.2, 0.25) is 0 Å². The van der Waals surface area contributed by atoms with E-state index in [0.717, 1.165) is 10.2 Å². The first-order valence-electron chi connectivity index (χ1n) is 5.24. The number of aliphatic hydroxyl groups excluding tert-OH is 1. The number of nitrogens with zero attached hydrogens (tertiary/aromatic N) is 4. The molecule has 18 heavy (non-hydrogen) atoms. The van der Waals surface area contributed by atoms with Crippen LogP contribution in [0.4, 0.5) is 11.6 Å². The van der Waals surface area contributed by atoms with Gasteiger partial charge in [-0.25, -0.2) is 19.9 Å². The van der Waals surface area contributed by atoms with Crippen LogP contribution >= 0.6 is 11.3 Å². The van der Waals surface area contributed by atoms with Crippen molar-refractivity contribution in [3.8, 4) is 0 Å². The zero-order chi connectivity index (χ0) is 12.4. The molecule has 3 aromatic heterocycles. The van der Waals surface area contributed by atoms with Crippen molar-refractivity contribution in [3.63, 3.8) is 0 Å². The summed E-state index contributed by atoms with van der Waals surface area (Å²) in [6.07, 6.45) is 3.10. The minimum absolute atomic E-state index is 0.116. The molecular weight excluding hydrogens is 250 g/mol. The average molecular weight is 259 g/mol. The minimum atomic E-state index is -0.116. The van der Waals surface area contributed by atoms with E-state index in [9.17, 15) is 0 Å². The summed E-state index contributed by atoms with van der Waals surface area (Å²) in [7, 11) is 0. The Balaban J connectivity index is 1.98. The van der Waals surface area contributed by atoms with Crippen molar-refractivity contribution >= 4 is 33.2 Å². The summed E-state index contributed by atoms with van der Waals surface area (Å²) in [6.45, 7) is -0.116. The van der Waals surface area contributed by atoms with Gasteiger partial charge in [-0.2, -0.15) is 0 Å². The molecule has 0 atom stereocenters. The Morgan fingerprint density at radius 3 is 3.06 bits per heavy atom. The molecule has 0 spiro atoms. The summed E-state index contributed by atoms with van der Waals surface area (Å²) in [5.74, 6) is 1.31. The third-order valence-electron chi connectivity index (χ3n) is 2.38. The minimum Gasteiger partial charge on any atom is -0.390 e. The van der Waals surface area contributed by atoms with Gasteiger partial charge >= 0.3 is 0 Å². The van der Waals surface area contributed by atoms with Gasteiger partial charge < -0.3 is 10.4 Å². The van der Waals surface area contributed by atoms with Gasteiger partial charge in [0.25, 0.3) is 0 Å². The topological polar surface area (TPSA) is 83.8 Å². The maximum absolute atomic E-state index is 9.03. The van der Waals surface area contributed by atoms with Gasteiger partial charge in [0.1, 0.15) is 12.1 Å². The van der Waals surface area contributed by atoms with Crippen LogP contribution in [0.15, 0.2) is 30.2 Å². The van der Waals surface area contributed by atoms with E-state index in [1.54, 1.807) is 17.8 Å². The summed E-state index contributed by atoms with van der Waals surface area (Å²) in [6, 6.07) is 3.54. The molecule has 0 aliphatic heterocycles. The quantitative estimate of drug-likeness (QED) is 0.745. The number of thiazole rings is 1. The van der Waals surface area contributed by atoms with E-state index < -0.39 is 0 Å². The number of hydrogen-bond donors (Lipinski definition) is 2. The van der Waals surface area contributed by atoms with Gasteiger partial charge in [0, 0.05) is 12.3 Å². The fraction of sp³-hybridized carbons (Fsp3) is 0.0909. The lowest BCUT2D eigenvalue weighted by Gasteiger charge is -2.05. The molecule has 7 heteroatoms. The highest BCUT2D eigenvalue weighted by atomic mass is 32.1. The smallest absolute Gasteiger partial charge is 0.151 e. The fourth-order valence-electron chi connectivity index (χ4n) is 1.55. The lowest BCUT2D eigenvalue weighted by atomic mass is 10.4. The SMILES string of the molecule is OCc1cc(Nc2nccc3ncsc23)ncn1. The number of rotatable bonds is 3. The maximum Gasteiger partial charge on any atom is 0.151 e. The van der Waals surface area contributed by atoms with Gasteiger partial charge in [-0.1, -0.05) is 0 Å². The van der Waals surface area contributed by atoms with Crippen LogP contribution in [0.3, 0.4) is 0 Å². The first-order valence-corrected chi connectivity index (χ1v) is 6.12. The van der Waals surface area contributed by atoms with Crippen LogP contribution in [-0.4, -0.2) is 25.0 Å². The average Bonchev–Trinajstić information content (AvgIpc) is 2.88. The van der Waals surface area contributed by atoms with Crippen LogP contribution in [0, 0.1) is 0 Å². The number of aliphatic hydroxyl groups is 1. The number of hydrogen-bond acceptors (Lipinski definition) is 7. The predicted molar refractivity (Wildman–Crippen MR) is 68.7 cm³/mol. The molecule has 2 N–H and O–H groups in total. The zero-order valence-electron chi connectivity index (χ0n) is 9.24. The van der Waals surface area contributed by atoms with Crippen molar-refractivity contribution in [2.24, 2.45) is 0 Å². The predicted octanol–water partition coefficient (Wildman–Crippen LogP) is 1.72. The Morgan fingerprint density at radius 1 is 1.22 bits per heavy atom. The molecule has 0 unspecified atom stereocenters. The van der Waals surface area contributed by atoms with Crippen molar-refractivity contribution in [2.45, 2.75) is 6.61 Å².